The van der Waals surface area contributed by atoms with Crippen LogP contribution >= 0.6 is 0 Å². The number of unbranched alkanes of at least 4 members (excludes halogenated alkanes) is 56. The fourth-order valence-corrected chi connectivity index (χ4v) is 11.4. The van der Waals surface area contributed by atoms with E-state index in [9.17, 15) is 19.8 Å². The maximum absolute atomic E-state index is 12.5. The summed E-state index contributed by atoms with van der Waals surface area (Å²) in [7, 11) is 0. The number of carbonyl (C=O) groups is 2. The Kier molecular flexibility index (Phi) is 65.9. The predicted molar refractivity (Wildman–Crippen MR) is 338 cm³/mol. The third-order valence-electron chi connectivity index (χ3n) is 16.8. The van der Waals surface area contributed by atoms with E-state index in [-0.39, 0.29) is 18.5 Å². The lowest BCUT2D eigenvalue weighted by atomic mass is 10.0. The fraction of sp³-hybridized carbons (Fsp3) is 0.944. The van der Waals surface area contributed by atoms with Crippen LogP contribution in [-0.4, -0.2) is 47.4 Å². The van der Waals surface area contributed by atoms with Crippen LogP contribution in [0.5, 0.6) is 0 Å². The number of hydrogen-bond acceptors (Lipinski definition) is 5. The van der Waals surface area contributed by atoms with Gasteiger partial charge in [0.05, 0.1) is 25.4 Å². The van der Waals surface area contributed by atoms with E-state index in [1.165, 1.54) is 340 Å². The summed E-state index contributed by atoms with van der Waals surface area (Å²) < 4.78 is 5.50. The largest absolute Gasteiger partial charge is 0.466 e. The lowest BCUT2D eigenvalue weighted by Crippen LogP contribution is -2.45. The van der Waals surface area contributed by atoms with E-state index in [1.807, 2.05) is 6.08 Å². The highest BCUT2D eigenvalue weighted by atomic mass is 16.5. The van der Waals surface area contributed by atoms with Crippen LogP contribution in [0.1, 0.15) is 406 Å². The Morgan fingerprint density at radius 3 is 0.883 bits per heavy atom. The Bertz CT molecular complexity index is 1160. The molecule has 2 atom stereocenters. The topological polar surface area (TPSA) is 95.9 Å². The number of amides is 1. The Hall–Kier alpha value is -1.40. The van der Waals surface area contributed by atoms with Gasteiger partial charge in [-0.1, -0.05) is 373 Å². The van der Waals surface area contributed by atoms with E-state index in [2.05, 4.69) is 19.2 Å². The number of hydrogen-bond donors (Lipinski definition) is 3. The van der Waals surface area contributed by atoms with E-state index in [4.69, 9.17) is 4.74 Å². The van der Waals surface area contributed by atoms with Gasteiger partial charge in [-0.2, -0.15) is 0 Å². The van der Waals surface area contributed by atoms with Crippen LogP contribution < -0.4 is 5.32 Å². The molecule has 458 valence electrons. The first-order chi connectivity index (χ1) is 38.0. The van der Waals surface area contributed by atoms with E-state index < -0.39 is 12.1 Å². The molecule has 0 aliphatic heterocycles. The zero-order valence-electron chi connectivity index (χ0n) is 52.5. The van der Waals surface area contributed by atoms with Crippen LogP contribution in [0.15, 0.2) is 12.2 Å². The summed E-state index contributed by atoms with van der Waals surface area (Å²) in [6.45, 7) is 4.95. The molecule has 0 saturated heterocycles. The van der Waals surface area contributed by atoms with Crippen molar-refractivity contribution >= 4 is 11.9 Å². The first kappa shape index (κ1) is 75.6. The number of allylic oxidation sites excluding steroid dienone is 1. The summed E-state index contributed by atoms with van der Waals surface area (Å²) in [5.41, 5.74) is 0. The molecule has 0 heterocycles. The lowest BCUT2D eigenvalue weighted by Gasteiger charge is -2.20. The van der Waals surface area contributed by atoms with Crippen molar-refractivity contribution in [3.8, 4) is 0 Å². The Morgan fingerprint density at radius 1 is 0.351 bits per heavy atom. The number of nitrogens with one attached hydrogen (secondary N) is 1. The molecule has 0 saturated carbocycles. The van der Waals surface area contributed by atoms with Gasteiger partial charge in [0.2, 0.25) is 5.91 Å². The number of esters is 1. The highest BCUT2D eigenvalue weighted by Gasteiger charge is 2.18. The molecule has 0 aromatic heterocycles. The minimum atomic E-state index is -0.844. The number of ether oxygens (including phenoxy) is 1. The smallest absolute Gasteiger partial charge is 0.305 e. The van der Waals surface area contributed by atoms with Gasteiger partial charge in [0.15, 0.2) is 0 Å². The molecule has 6 heteroatoms. The van der Waals surface area contributed by atoms with E-state index in [1.54, 1.807) is 6.08 Å². The maximum Gasteiger partial charge on any atom is 0.305 e. The fourth-order valence-electron chi connectivity index (χ4n) is 11.4. The average molecular weight is 1090 g/mol. The molecule has 0 spiro atoms. The zero-order valence-corrected chi connectivity index (χ0v) is 52.5. The summed E-state index contributed by atoms with van der Waals surface area (Å²) in [5.74, 6) is -0.0442. The molecular weight excluding hydrogens is 947 g/mol. The molecule has 0 rings (SSSR count). The van der Waals surface area contributed by atoms with Crippen LogP contribution in [-0.2, 0) is 14.3 Å². The second-order valence-electron chi connectivity index (χ2n) is 24.6. The Labute approximate surface area is 482 Å². The van der Waals surface area contributed by atoms with Crippen LogP contribution in [0.2, 0.25) is 0 Å². The van der Waals surface area contributed by atoms with Gasteiger partial charge in [-0.3, -0.25) is 9.59 Å². The molecular formula is C71H139NO5. The summed E-state index contributed by atoms with van der Waals surface area (Å²) in [6, 6.07) is -0.628. The van der Waals surface area contributed by atoms with E-state index in [0.717, 1.165) is 38.5 Å². The van der Waals surface area contributed by atoms with Crippen molar-refractivity contribution < 1.29 is 24.5 Å². The molecule has 0 aromatic rings. The summed E-state index contributed by atoms with van der Waals surface area (Å²) in [5, 5.41) is 23.3. The Balaban J connectivity index is 3.38. The third kappa shape index (κ3) is 63.6. The molecule has 0 aliphatic carbocycles. The van der Waals surface area contributed by atoms with Gasteiger partial charge in [0, 0.05) is 12.8 Å². The van der Waals surface area contributed by atoms with E-state index >= 15 is 0 Å². The highest BCUT2D eigenvalue weighted by molar-refractivity contribution is 5.76. The average Bonchev–Trinajstić information content (AvgIpc) is 3.43. The van der Waals surface area contributed by atoms with Gasteiger partial charge in [-0.05, 0) is 32.1 Å². The highest BCUT2D eigenvalue weighted by Crippen LogP contribution is 2.19. The van der Waals surface area contributed by atoms with Crippen molar-refractivity contribution in [1.29, 1.82) is 0 Å². The molecule has 6 nitrogen and oxygen atoms in total. The maximum atomic E-state index is 12.5. The standard InChI is InChI=1S/C71H139NO5/c1-3-5-7-9-11-13-15-17-19-21-22-26-29-32-35-39-43-47-51-55-59-63-69(74)68(67-73)72-70(75)64-60-56-52-48-44-40-36-33-30-27-24-23-25-28-31-34-38-42-46-50-54-58-62-66-77-71(76)65-61-57-53-49-45-41-37-20-18-16-14-12-10-8-6-4-2/h59,63,68-69,73-74H,3-58,60-62,64-67H2,1-2H3,(H,72,75)/b63-59+. The molecule has 0 aromatic carbocycles. The van der Waals surface area contributed by atoms with Crippen molar-refractivity contribution in [2.75, 3.05) is 13.2 Å². The van der Waals surface area contributed by atoms with Gasteiger partial charge < -0.3 is 20.3 Å². The van der Waals surface area contributed by atoms with Gasteiger partial charge in [-0.25, -0.2) is 0 Å². The number of aliphatic hydroxyl groups is 2. The van der Waals surface area contributed by atoms with Crippen molar-refractivity contribution in [2.24, 2.45) is 0 Å². The molecule has 0 radical (unpaired) electrons. The Morgan fingerprint density at radius 2 is 0.597 bits per heavy atom. The second-order valence-corrected chi connectivity index (χ2v) is 24.6. The first-order valence-corrected chi connectivity index (χ1v) is 35.5. The van der Waals surface area contributed by atoms with Gasteiger partial charge in [0.25, 0.3) is 0 Å². The summed E-state index contributed by atoms with van der Waals surface area (Å²) >= 11 is 0. The van der Waals surface area contributed by atoms with Crippen LogP contribution in [0.3, 0.4) is 0 Å². The molecule has 0 fully saturated rings. The minimum absolute atomic E-state index is 0.0185. The molecule has 77 heavy (non-hydrogen) atoms. The van der Waals surface area contributed by atoms with Gasteiger partial charge in [0.1, 0.15) is 0 Å². The number of rotatable bonds is 67. The molecule has 1 amide bonds. The van der Waals surface area contributed by atoms with E-state index in [0.29, 0.717) is 19.4 Å². The van der Waals surface area contributed by atoms with Crippen molar-refractivity contribution in [1.82, 2.24) is 5.32 Å². The van der Waals surface area contributed by atoms with Gasteiger partial charge in [-0.15, -0.1) is 0 Å². The van der Waals surface area contributed by atoms with Crippen LogP contribution in [0.4, 0.5) is 0 Å². The molecule has 0 aliphatic rings. The molecule has 2 unspecified atom stereocenters. The monoisotopic (exact) mass is 1090 g/mol. The summed E-state index contributed by atoms with van der Waals surface area (Å²) in [4.78, 5) is 24.6. The SMILES string of the molecule is CCCCCCCCCCCCCCCCCCCCC/C=C/C(O)C(CO)NC(=O)CCCCCCCCCCCCCCCCCCCCCCCCCOC(=O)CCCCCCCCCCCCCCCCCC. The summed E-state index contributed by atoms with van der Waals surface area (Å²) in [6.07, 6.45) is 82.8. The lowest BCUT2D eigenvalue weighted by molar-refractivity contribution is -0.143. The van der Waals surface area contributed by atoms with Crippen molar-refractivity contribution in [3.63, 3.8) is 0 Å². The van der Waals surface area contributed by atoms with Crippen LogP contribution in [0, 0.1) is 0 Å². The quantitative estimate of drug-likeness (QED) is 0.0320. The third-order valence-corrected chi connectivity index (χ3v) is 16.8. The van der Waals surface area contributed by atoms with Crippen LogP contribution in [0.25, 0.3) is 0 Å². The first-order valence-electron chi connectivity index (χ1n) is 35.5. The molecule has 3 N–H and O–H groups in total. The van der Waals surface area contributed by atoms with Gasteiger partial charge >= 0.3 is 5.97 Å². The minimum Gasteiger partial charge on any atom is -0.466 e. The molecule has 0 bridgehead atoms. The second kappa shape index (κ2) is 67.1. The number of aliphatic hydroxyl groups excluding tert-OH is 2. The van der Waals surface area contributed by atoms with Crippen molar-refractivity contribution in [2.45, 2.75) is 418 Å². The predicted octanol–water partition coefficient (Wildman–Crippen LogP) is 22.8. The zero-order chi connectivity index (χ0) is 55.7. The van der Waals surface area contributed by atoms with Crippen molar-refractivity contribution in [3.05, 3.63) is 12.2 Å². The number of carbonyl (C=O) groups excluding carboxylic acids is 2. The normalized spacial score (nSPS) is 12.5.